The molecule has 2 fully saturated rings. The van der Waals surface area contributed by atoms with Crippen LogP contribution in [-0.4, -0.2) is 110 Å². The lowest BCUT2D eigenvalue weighted by molar-refractivity contribution is 0.120. The normalized spacial score (nSPS) is 15.4. The molecule has 10 aromatic rings. The number of benzene rings is 4. The van der Waals surface area contributed by atoms with Crippen molar-refractivity contribution in [2.24, 2.45) is 0 Å². The van der Waals surface area contributed by atoms with Crippen molar-refractivity contribution in [2.45, 2.75) is 49.6 Å². The van der Waals surface area contributed by atoms with E-state index in [9.17, 15) is 16.8 Å². The summed E-state index contributed by atoms with van der Waals surface area (Å²) in [7, 11) is 10.3. The summed E-state index contributed by atoms with van der Waals surface area (Å²) < 4.78 is 80.3. The number of nitrogens with one attached hydrogen (secondary N) is 1. The molecule has 6 atom stereocenters. The molecule has 2 saturated heterocycles. The second-order valence-electron chi connectivity index (χ2n) is 20.7. The lowest BCUT2D eigenvalue weighted by Crippen LogP contribution is -2.36. The first-order valence-electron chi connectivity index (χ1n) is 27.7. The summed E-state index contributed by atoms with van der Waals surface area (Å²) in [5.74, 6) is 0.795. The maximum Gasteiger partial charge on any atom is 0.300 e. The molecule has 32 heteroatoms. The third kappa shape index (κ3) is 15.2. The number of fused-ring (bicyclic) bond motifs is 8. The zero-order chi connectivity index (χ0) is 61.1. The molecule has 1 N–H and O–H groups in total. The largest absolute Gasteiger partial charge is 0.422 e. The van der Waals surface area contributed by atoms with Crippen LogP contribution in [-0.2, 0) is 55.5 Å². The van der Waals surface area contributed by atoms with Crippen molar-refractivity contribution in [1.82, 2.24) is 33.2 Å². The molecule has 4 aliphatic rings. The molecule has 14 rings (SSSR count). The van der Waals surface area contributed by atoms with E-state index in [4.69, 9.17) is 23.3 Å². The predicted molar refractivity (Wildman–Crippen MR) is 392 cm³/mol. The number of pyridine rings is 2. The van der Waals surface area contributed by atoms with Crippen LogP contribution in [0, 0.1) is 13.8 Å². The van der Waals surface area contributed by atoms with Crippen molar-refractivity contribution < 1.29 is 35.1 Å². The third-order valence-electron chi connectivity index (χ3n) is 15.0. The van der Waals surface area contributed by atoms with Crippen LogP contribution in [0.25, 0.3) is 44.3 Å². The summed E-state index contributed by atoms with van der Waals surface area (Å²) in [5, 5.41) is 5.30. The zero-order valence-electron chi connectivity index (χ0n) is 48.1. The van der Waals surface area contributed by atoms with Crippen molar-refractivity contribution in [2.75, 3.05) is 80.4 Å². The van der Waals surface area contributed by atoms with Gasteiger partial charge in [-0.3, -0.25) is 0 Å². The highest BCUT2D eigenvalue weighted by Gasteiger charge is 2.32. The summed E-state index contributed by atoms with van der Waals surface area (Å²) in [6.45, 7) is 13.1. The minimum Gasteiger partial charge on any atom is -0.422 e. The predicted octanol–water partition coefficient (Wildman–Crippen LogP) is 14.6. The van der Waals surface area contributed by atoms with Crippen LogP contribution >= 0.6 is 110 Å². The number of hydrogen-bond acceptors (Lipinski definition) is 16. The van der Waals surface area contributed by atoms with Crippen LogP contribution in [0.4, 0.5) is 17.8 Å². The van der Waals surface area contributed by atoms with Crippen molar-refractivity contribution in [3.05, 3.63) is 160 Å². The molecule has 0 aliphatic carbocycles. The number of nitrogens with zero attached hydrogens (tertiary/aromatic N) is 9. The second-order valence-corrected chi connectivity index (χ2v) is 61.7. The van der Waals surface area contributed by atoms with E-state index < -0.39 is 20.0 Å². The topological polar surface area (TPSA) is 196 Å². The first kappa shape index (κ1) is 68.3. The summed E-state index contributed by atoms with van der Waals surface area (Å²) in [6, 6.07) is 38.3. The van der Waals surface area contributed by atoms with Crippen LogP contribution in [0.2, 0.25) is 0 Å². The van der Waals surface area contributed by atoms with E-state index in [-0.39, 0.29) is 40.4 Å². The Labute approximate surface area is 545 Å². The highest BCUT2D eigenvalue weighted by atomic mass is 79.9. The summed E-state index contributed by atoms with van der Waals surface area (Å²) in [4.78, 5) is 25.0. The molecule has 0 spiro atoms. The fraction of sp³-hybridized carbons (Fsp3) is 0.286. The number of morpholine rings is 2. The molecule has 4 aliphatic heterocycles. The van der Waals surface area contributed by atoms with Gasteiger partial charge in [-0.1, -0.05) is 71.8 Å². The molecule has 18 nitrogen and oxygen atoms in total. The van der Waals surface area contributed by atoms with Crippen LogP contribution in [0.1, 0.15) is 33.6 Å². The average molecular weight is 1500 g/mol. The van der Waals surface area contributed by atoms with Gasteiger partial charge in [-0.25, -0.2) is 34.7 Å². The number of para-hydroxylation sites is 2. The fourth-order valence-electron chi connectivity index (χ4n) is 10.7. The smallest absolute Gasteiger partial charge is 0.300 e. The van der Waals surface area contributed by atoms with Gasteiger partial charge in [0, 0.05) is 92.9 Å². The quantitative estimate of drug-likeness (QED) is 0.100. The van der Waals surface area contributed by atoms with Gasteiger partial charge in [-0.05, 0) is 124 Å². The number of anilines is 3. The maximum absolute atomic E-state index is 13.8. The maximum atomic E-state index is 13.8. The average Bonchev–Trinajstić information content (AvgIpc) is 1.74. The Balaban J connectivity index is 0.000000145. The zero-order valence-corrected chi connectivity index (χ0v) is 62.6. The van der Waals surface area contributed by atoms with Gasteiger partial charge in [0.2, 0.25) is 11.3 Å². The number of ether oxygens (including phenoxy) is 2. The van der Waals surface area contributed by atoms with Crippen LogP contribution in [0.5, 0.6) is 0 Å². The van der Waals surface area contributed by atoms with Crippen molar-refractivity contribution in [1.29, 1.82) is 0 Å². The van der Waals surface area contributed by atoms with E-state index in [2.05, 4.69) is 104 Å². The van der Waals surface area contributed by atoms with E-state index >= 15 is 0 Å². The highest BCUT2D eigenvalue weighted by molar-refractivity contribution is 9.16. The Morgan fingerprint density at radius 3 is 1.47 bits per heavy atom. The molecule has 0 radical (unpaired) electrons. The number of aryl methyl sites for hydroxylation is 2. The van der Waals surface area contributed by atoms with Crippen LogP contribution in [0.3, 0.4) is 0 Å². The molecule has 0 saturated carbocycles. The molecular weight excluding hydrogens is 1430 g/mol. The first-order valence-corrected chi connectivity index (χ1v) is 48.6. The molecule has 10 heterocycles. The molecule has 4 aromatic carbocycles. The molecule has 88 heavy (non-hydrogen) atoms. The van der Waals surface area contributed by atoms with Gasteiger partial charge in [-0.15, -0.1) is 66.0 Å². The number of hydrogen-bond donors (Lipinski definition) is 1. The van der Waals surface area contributed by atoms with Crippen LogP contribution < -0.4 is 20.0 Å². The second kappa shape index (κ2) is 30.2. The van der Waals surface area contributed by atoms with Gasteiger partial charge in [-0.2, -0.15) is 9.97 Å². The highest BCUT2D eigenvalue weighted by Crippen LogP contribution is 3.10. The summed E-state index contributed by atoms with van der Waals surface area (Å²) in [6.07, 6.45) is 1.29. The molecule has 0 amide bonds. The number of halogens is 2. The van der Waals surface area contributed by atoms with E-state index in [0.717, 1.165) is 113 Å². The first-order chi connectivity index (χ1) is 41.9. The van der Waals surface area contributed by atoms with E-state index in [1.165, 1.54) is 0 Å². The van der Waals surface area contributed by atoms with E-state index in [0.29, 0.717) is 89.1 Å². The monoisotopic (exact) mass is 1500 g/mol. The Morgan fingerprint density at radius 1 is 0.523 bits per heavy atom. The third-order valence-corrected chi connectivity index (χ3v) is 68.5. The van der Waals surface area contributed by atoms with Crippen molar-refractivity contribution in [3.8, 4) is 0 Å². The fourth-order valence-corrected chi connectivity index (χ4v) is 101. The lowest BCUT2D eigenvalue weighted by Gasteiger charge is -2.29. The summed E-state index contributed by atoms with van der Waals surface area (Å²) in [5.41, 5.74) is 9.96. The van der Waals surface area contributed by atoms with E-state index in [1.807, 2.05) is 111 Å². The van der Waals surface area contributed by atoms with Crippen molar-refractivity contribution in [3.63, 3.8) is 0 Å². The van der Waals surface area contributed by atoms with Gasteiger partial charge in [0.1, 0.15) is 10.4 Å². The Morgan fingerprint density at radius 2 is 0.977 bits per heavy atom. The van der Waals surface area contributed by atoms with Gasteiger partial charge < -0.3 is 38.3 Å². The Bertz CT molecular complexity index is 4290. The van der Waals surface area contributed by atoms with Gasteiger partial charge in [0.05, 0.1) is 47.3 Å². The summed E-state index contributed by atoms with van der Waals surface area (Å²) >= 11 is 3.31. The number of aromatic nitrogens is 6. The Kier molecular flexibility index (Phi) is 23.5. The minimum atomic E-state index is -3.75. The van der Waals surface area contributed by atoms with Gasteiger partial charge >= 0.3 is 0 Å². The molecule has 466 valence electrons. The lowest BCUT2D eigenvalue weighted by atomic mass is 10.0. The molecule has 6 unspecified atom stereocenters. The van der Waals surface area contributed by atoms with Crippen LogP contribution in [0.15, 0.2) is 145 Å². The number of oxazole rings is 2. The molecule has 0 bridgehead atoms. The standard InChI is InChI=1S/C28H27N5O4S.C18H18N2O2S.C10H10BrN3O2.ClH.H12P10/c1-19-6-8-20(9-7-19)38(34,35)33-23-5-3-2-4-21(23)22-18-32(13-12-24(22)33)26-11-10-25-27(29-26)30-28(37-25)31-14-16-36-17-15-31;1-13-6-8-14(9-7-13)23(21,22)20-17-5-3-2-4-15(17)16-12-19-11-10-18(16)20;11-8-2-1-7-9(12-8)13-10(16-7)14-3-5-15-6-4-14;;1-7(2)10(8(3)4)9(5)6/h2-11H,12-18H2,1H3;2-9,19H,10-12H2,1H3;1-2H,3-6H2;1H;1-6H2. The number of rotatable bonds is 10. The molecular formula is C56H68BrClN10O8P10S2. The van der Waals surface area contributed by atoms with Gasteiger partial charge in [0.15, 0.2) is 11.2 Å². The van der Waals surface area contributed by atoms with Crippen molar-refractivity contribution >= 4 is 192 Å². The molecule has 6 aromatic heterocycles. The SMILES string of the molecule is Brc1ccc2oc(N3CCOCC3)nc2n1.Cc1ccc(S(=O)(=O)n2c3c(c4ccccc42)CN(c2ccc4oc(N5CCOCC5)nc4n2)CC3)cc1.Cc1ccc(S(=O)(=O)n2c3c(c4ccccc42)CNCC3)cc1.Cl.PP(P)P(P(P)P)P(P)P. The minimum absolute atomic E-state index is 0. The van der Waals surface area contributed by atoms with Gasteiger partial charge in [0.25, 0.3) is 32.1 Å². The Hall–Kier alpha value is -2.55. The van der Waals surface area contributed by atoms with E-state index in [1.54, 1.807) is 32.2 Å².